The summed E-state index contributed by atoms with van der Waals surface area (Å²) in [4.78, 5) is 10.9. The van der Waals surface area contributed by atoms with Crippen molar-refractivity contribution >= 4 is 5.97 Å². The first-order valence-corrected chi connectivity index (χ1v) is 3.90. The number of carbonyl (C=O) groups is 1. The van der Waals surface area contributed by atoms with Gasteiger partial charge in [-0.3, -0.25) is 4.79 Å². The average molecular weight is 152 g/mol. The zero-order valence-corrected chi connectivity index (χ0v) is 6.67. The third kappa shape index (κ3) is 2.58. The van der Waals surface area contributed by atoms with Crippen molar-refractivity contribution in [3.05, 3.63) is 24.0 Å². The molecule has 1 aliphatic carbocycles. The Balaban J connectivity index is 2.30. The second kappa shape index (κ2) is 3.96. The summed E-state index contributed by atoms with van der Waals surface area (Å²) in [6, 6.07) is 0. The van der Waals surface area contributed by atoms with Crippen molar-refractivity contribution in [2.75, 3.05) is 0 Å². The number of rotatable bonds is 3. The van der Waals surface area contributed by atoms with E-state index >= 15 is 0 Å². The van der Waals surface area contributed by atoms with Crippen molar-refractivity contribution in [2.24, 2.45) is 0 Å². The number of ether oxygens (including phenoxy) is 1. The molecule has 11 heavy (non-hydrogen) atoms. The molecule has 2 nitrogen and oxygen atoms in total. The molecule has 0 saturated heterocycles. The van der Waals surface area contributed by atoms with Gasteiger partial charge in [0.15, 0.2) is 0 Å². The molecule has 0 saturated carbocycles. The van der Waals surface area contributed by atoms with Crippen LogP contribution < -0.4 is 0 Å². The summed E-state index contributed by atoms with van der Waals surface area (Å²) in [5.41, 5.74) is 0. The van der Waals surface area contributed by atoms with Crippen molar-refractivity contribution < 1.29 is 9.53 Å². The molecule has 0 bridgehead atoms. The number of carbonyl (C=O) groups excluding carboxylic acids is 1. The van der Waals surface area contributed by atoms with Gasteiger partial charge in [-0.2, -0.15) is 0 Å². The van der Waals surface area contributed by atoms with Gasteiger partial charge >= 0.3 is 5.97 Å². The molecule has 0 aromatic carbocycles. The maximum absolute atomic E-state index is 10.9. The zero-order chi connectivity index (χ0) is 8.10. The van der Waals surface area contributed by atoms with Crippen LogP contribution in [0.3, 0.4) is 0 Å². The SMILES string of the molecule is CCCC(=O)OC1=CCC=C1. The number of hydrogen-bond donors (Lipinski definition) is 0. The topological polar surface area (TPSA) is 26.3 Å². The molecule has 0 unspecified atom stereocenters. The molecule has 1 aliphatic rings. The molecule has 0 fully saturated rings. The molecule has 0 aromatic rings. The Bertz CT molecular complexity index is 202. The lowest BCUT2D eigenvalue weighted by Crippen LogP contribution is -2.01. The van der Waals surface area contributed by atoms with Crippen molar-refractivity contribution in [3.8, 4) is 0 Å². The van der Waals surface area contributed by atoms with Crippen LogP contribution in [0.1, 0.15) is 26.2 Å². The van der Waals surface area contributed by atoms with Gasteiger partial charge in [0.25, 0.3) is 0 Å². The predicted octanol–water partition coefficient (Wildman–Crippen LogP) is 2.17. The predicted molar refractivity (Wildman–Crippen MR) is 42.8 cm³/mol. The van der Waals surface area contributed by atoms with Crippen LogP contribution in [-0.2, 0) is 9.53 Å². The highest BCUT2D eigenvalue weighted by atomic mass is 16.5. The highest BCUT2D eigenvalue weighted by Crippen LogP contribution is 2.10. The number of esters is 1. The molecular formula is C9H12O2. The van der Waals surface area contributed by atoms with E-state index in [0.717, 1.165) is 12.8 Å². The lowest BCUT2D eigenvalue weighted by Gasteiger charge is -2.00. The maximum atomic E-state index is 10.9. The average Bonchev–Trinajstić information content (AvgIpc) is 2.40. The minimum atomic E-state index is -0.134. The molecule has 60 valence electrons. The van der Waals surface area contributed by atoms with Crippen molar-refractivity contribution in [1.82, 2.24) is 0 Å². The second-order valence-corrected chi connectivity index (χ2v) is 2.47. The van der Waals surface area contributed by atoms with E-state index in [1.165, 1.54) is 0 Å². The fourth-order valence-electron chi connectivity index (χ4n) is 0.899. The quantitative estimate of drug-likeness (QED) is 0.579. The lowest BCUT2D eigenvalue weighted by atomic mass is 10.3. The monoisotopic (exact) mass is 152 g/mol. The number of hydrogen-bond acceptors (Lipinski definition) is 2. The Morgan fingerprint density at radius 3 is 3.09 bits per heavy atom. The van der Waals surface area contributed by atoms with Crippen LogP contribution >= 0.6 is 0 Å². The molecule has 0 radical (unpaired) electrons. The third-order valence-corrected chi connectivity index (χ3v) is 1.42. The largest absolute Gasteiger partial charge is 0.427 e. The van der Waals surface area contributed by atoms with Gasteiger partial charge < -0.3 is 4.74 Å². The first-order valence-electron chi connectivity index (χ1n) is 3.90. The molecule has 0 heterocycles. The third-order valence-electron chi connectivity index (χ3n) is 1.42. The summed E-state index contributed by atoms with van der Waals surface area (Å²) >= 11 is 0. The van der Waals surface area contributed by atoms with E-state index in [2.05, 4.69) is 0 Å². The summed E-state index contributed by atoms with van der Waals surface area (Å²) < 4.78 is 4.99. The van der Waals surface area contributed by atoms with Crippen molar-refractivity contribution in [3.63, 3.8) is 0 Å². The molecule has 1 rings (SSSR count). The van der Waals surface area contributed by atoms with Crippen molar-refractivity contribution in [1.29, 1.82) is 0 Å². The van der Waals surface area contributed by atoms with Gasteiger partial charge in [0.2, 0.25) is 0 Å². The minimum absolute atomic E-state index is 0.134. The van der Waals surface area contributed by atoms with Crippen LogP contribution in [0.15, 0.2) is 24.0 Å². The first kappa shape index (κ1) is 8.05. The van der Waals surface area contributed by atoms with Crippen LogP contribution in [0.25, 0.3) is 0 Å². The normalized spacial score (nSPS) is 14.8. The van der Waals surface area contributed by atoms with Gasteiger partial charge in [0, 0.05) is 6.42 Å². The van der Waals surface area contributed by atoms with Crippen LogP contribution in [-0.4, -0.2) is 5.97 Å². The Labute approximate surface area is 66.5 Å². The first-order chi connectivity index (χ1) is 5.33. The van der Waals surface area contributed by atoms with Crippen LogP contribution in [0, 0.1) is 0 Å². The fourth-order valence-corrected chi connectivity index (χ4v) is 0.899. The van der Waals surface area contributed by atoms with E-state index in [-0.39, 0.29) is 5.97 Å². The van der Waals surface area contributed by atoms with E-state index in [9.17, 15) is 4.79 Å². The zero-order valence-electron chi connectivity index (χ0n) is 6.67. The molecular weight excluding hydrogens is 140 g/mol. The van der Waals surface area contributed by atoms with E-state index < -0.39 is 0 Å². The Morgan fingerprint density at radius 2 is 2.55 bits per heavy atom. The summed E-state index contributed by atoms with van der Waals surface area (Å²) in [6.45, 7) is 1.96. The highest BCUT2D eigenvalue weighted by molar-refractivity contribution is 5.71. The van der Waals surface area contributed by atoms with Crippen LogP contribution in [0.5, 0.6) is 0 Å². The summed E-state index contributed by atoms with van der Waals surface area (Å²) in [5, 5.41) is 0. The molecule has 2 heteroatoms. The van der Waals surface area contributed by atoms with Gasteiger partial charge in [0.1, 0.15) is 5.76 Å². The van der Waals surface area contributed by atoms with Crippen LogP contribution in [0.4, 0.5) is 0 Å². The Morgan fingerprint density at radius 1 is 1.73 bits per heavy atom. The summed E-state index contributed by atoms with van der Waals surface area (Å²) in [5.74, 6) is 0.564. The van der Waals surface area contributed by atoms with Gasteiger partial charge in [-0.25, -0.2) is 0 Å². The van der Waals surface area contributed by atoms with E-state index in [0.29, 0.717) is 12.2 Å². The molecule has 0 N–H and O–H groups in total. The summed E-state index contributed by atoms with van der Waals surface area (Å²) in [6.07, 6.45) is 7.92. The molecule has 0 aromatic heterocycles. The Hall–Kier alpha value is -1.05. The second-order valence-electron chi connectivity index (χ2n) is 2.47. The molecule has 0 spiro atoms. The molecule has 0 atom stereocenters. The van der Waals surface area contributed by atoms with Gasteiger partial charge in [-0.05, 0) is 25.0 Å². The van der Waals surface area contributed by atoms with E-state index in [4.69, 9.17) is 4.74 Å². The highest BCUT2D eigenvalue weighted by Gasteiger charge is 2.04. The standard InChI is InChI=1S/C9H12O2/c1-2-5-9(10)11-8-6-3-4-7-8/h3,6-7H,2,4-5H2,1H3. The maximum Gasteiger partial charge on any atom is 0.311 e. The van der Waals surface area contributed by atoms with Gasteiger partial charge in [0.05, 0.1) is 0 Å². The van der Waals surface area contributed by atoms with Gasteiger partial charge in [-0.15, -0.1) is 0 Å². The lowest BCUT2D eigenvalue weighted by molar-refractivity contribution is -0.139. The van der Waals surface area contributed by atoms with E-state index in [1.54, 1.807) is 0 Å². The molecule has 0 aliphatic heterocycles. The Kier molecular flexibility index (Phi) is 2.90. The van der Waals surface area contributed by atoms with E-state index in [1.807, 2.05) is 25.2 Å². The minimum Gasteiger partial charge on any atom is -0.427 e. The fraction of sp³-hybridized carbons (Fsp3) is 0.444. The smallest absolute Gasteiger partial charge is 0.311 e. The van der Waals surface area contributed by atoms with Crippen molar-refractivity contribution in [2.45, 2.75) is 26.2 Å². The van der Waals surface area contributed by atoms with Gasteiger partial charge in [-0.1, -0.05) is 13.0 Å². The van der Waals surface area contributed by atoms with Crippen LogP contribution in [0.2, 0.25) is 0 Å². The molecule has 0 amide bonds. The summed E-state index contributed by atoms with van der Waals surface area (Å²) in [7, 11) is 0. The number of allylic oxidation sites excluding steroid dienone is 3.